The van der Waals surface area contributed by atoms with Crippen LogP contribution >= 0.6 is 0 Å². The molecule has 2 N–H and O–H groups in total. The molecule has 2 fully saturated rings. The van der Waals surface area contributed by atoms with Crippen LogP contribution in [-0.4, -0.2) is 47.7 Å². The zero-order chi connectivity index (χ0) is 17.2. The Labute approximate surface area is 143 Å². The zero-order valence-corrected chi connectivity index (χ0v) is 14.3. The molecule has 0 spiro atoms. The summed E-state index contributed by atoms with van der Waals surface area (Å²) < 4.78 is 12.8. The first kappa shape index (κ1) is 17.4. The smallest absolute Gasteiger partial charge is 0.234 e. The predicted molar refractivity (Wildman–Crippen MR) is 91.0 cm³/mol. The van der Waals surface area contributed by atoms with Gasteiger partial charge in [0.05, 0.1) is 12.1 Å². The van der Waals surface area contributed by atoms with Crippen molar-refractivity contribution in [2.75, 3.05) is 26.2 Å². The number of hydrogen-bond donors (Lipinski definition) is 2. The maximum atomic E-state index is 12.8. The first-order chi connectivity index (χ1) is 11.5. The zero-order valence-electron chi connectivity index (χ0n) is 14.3. The third kappa shape index (κ3) is 4.14. The van der Waals surface area contributed by atoms with E-state index in [1.165, 1.54) is 12.1 Å². The van der Waals surface area contributed by atoms with Crippen LogP contribution in [-0.2, 0) is 11.2 Å². The van der Waals surface area contributed by atoms with Crippen LogP contribution in [0.3, 0.4) is 0 Å². The van der Waals surface area contributed by atoms with Crippen LogP contribution in [0.15, 0.2) is 24.3 Å². The molecular formula is C19H27FN2O2. The van der Waals surface area contributed by atoms with Crippen molar-refractivity contribution in [2.45, 2.75) is 38.2 Å². The van der Waals surface area contributed by atoms with E-state index in [4.69, 9.17) is 0 Å². The molecule has 2 aliphatic rings. The first-order valence-electron chi connectivity index (χ1n) is 8.93. The number of amides is 1. The highest BCUT2D eigenvalue weighted by Crippen LogP contribution is 2.47. The van der Waals surface area contributed by atoms with Gasteiger partial charge in [0, 0.05) is 19.6 Å². The lowest BCUT2D eigenvalue weighted by Crippen LogP contribution is -2.54. The Morgan fingerprint density at radius 1 is 1.38 bits per heavy atom. The number of benzene rings is 1. The van der Waals surface area contributed by atoms with E-state index in [9.17, 15) is 14.3 Å². The van der Waals surface area contributed by atoms with Crippen LogP contribution < -0.4 is 5.32 Å². The van der Waals surface area contributed by atoms with Gasteiger partial charge in [0.25, 0.3) is 0 Å². The maximum Gasteiger partial charge on any atom is 0.234 e. The van der Waals surface area contributed by atoms with Crippen LogP contribution in [0.4, 0.5) is 4.39 Å². The molecule has 0 unspecified atom stereocenters. The average molecular weight is 334 g/mol. The lowest BCUT2D eigenvalue weighted by Gasteiger charge is -2.43. The first-order valence-corrected chi connectivity index (χ1v) is 8.93. The molecular weight excluding hydrogens is 307 g/mol. The number of halogens is 1. The molecule has 4 nitrogen and oxygen atoms in total. The van der Waals surface area contributed by atoms with Gasteiger partial charge in [-0.15, -0.1) is 0 Å². The quantitative estimate of drug-likeness (QED) is 0.836. The number of hydrogen-bond acceptors (Lipinski definition) is 3. The van der Waals surface area contributed by atoms with Crippen molar-refractivity contribution in [1.82, 2.24) is 10.2 Å². The Kier molecular flexibility index (Phi) is 5.21. The lowest BCUT2D eigenvalue weighted by atomic mass is 9.78. The van der Waals surface area contributed by atoms with Crippen LogP contribution in [0.5, 0.6) is 0 Å². The number of carbonyl (C=O) groups is 1. The fraction of sp³-hybridized carbons (Fsp3) is 0.632. The van der Waals surface area contributed by atoms with Crippen molar-refractivity contribution in [3.8, 4) is 0 Å². The van der Waals surface area contributed by atoms with Gasteiger partial charge in [-0.1, -0.05) is 19.1 Å². The molecule has 1 aliphatic carbocycles. The normalized spacial score (nSPS) is 27.9. The number of carbonyl (C=O) groups excluding carboxylic acids is 1. The molecule has 1 aliphatic heterocycles. The highest BCUT2D eigenvalue weighted by atomic mass is 19.1. The van der Waals surface area contributed by atoms with Crippen molar-refractivity contribution in [2.24, 2.45) is 11.8 Å². The van der Waals surface area contributed by atoms with Crippen LogP contribution in [0, 0.1) is 17.7 Å². The van der Waals surface area contributed by atoms with Gasteiger partial charge in [-0.3, -0.25) is 9.69 Å². The highest BCUT2D eigenvalue weighted by Gasteiger charge is 2.49. The fourth-order valence-corrected chi connectivity index (χ4v) is 3.81. The summed E-state index contributed by atoms with van der Waals surface area (Å²) in [4.78, 5) is 14.2. The van der Waals surface area contributed by atoms with Crippen LogP contribution in [0.25, 0.3) is 0 Å². The number of nitrogens with zero attached hydrogens (tertiary/aromatic N) is 1. The molecule has 1 saturated heterocycles. The van der Waals surface area contributed by atoms with Crippen molar-refractivity contribution >= 4 is 5.91 Å². The van der Waals surface area contributed by atoms with Crippen LogP contribution in [0.2, 0.25) is 0 Å². The molecule has 1 aromatic rings. The highest BCUT2D eigenvalue weighted by molar-refractivity contribution is 5.78. The molecule has 0 bridgehead atoms. The van der Waals surface area contributed by atoms with Crippen molar-refractivity contribution in [3.05, 3.63) is 35.6 Å². The van der Waals surface area contributed by atoms with Crippen molar-refractivity contribution < 1.29 is 14.3 Å². The summed E-state index contributed by atoms with van der Waals surface area (Å²) in [5.74, 6) is 0.458. The molecule has 24 heavy (non-hydrogen) atoms. The van der Waals surface area contributed by atoms with E-state index < -0.39 is 5.60 Å². The van der Waals surface area contributed by atoms with Crippen molar-refractivity contribution in [3.63, 3.8) is 0 Å². The van der Waals surface area contributed by atoms with E-state index >= 15 is 0 Å². The second-order valence-electron chi connectivity index (χ2n) is 7.38. The SMILES string of the molecule is C[C@H]1CN(CC(=O)NCCc2ccc(F)cc2)CC[C@]1(O)C1CC1. The van der Waals surface area contributed by atoms with Crippen LogP contribution in [0.1, 0.15) is 31.7 Å². The second-order valence-corrected chi connectivity index (χ2v) is 7.38. The second kappa shape index (κ2) is 7.19. The van der Waals surface area contributed by atoms with Gasteiger partial charge in [-0.25, -0.2) is 4.39 Å². The van der Waals surface area contributed by atoms with Gasteiger partial charge < -0.3 is 10.4 Å². The van der Waals surface area contributed by atoms with Crippen molar-refractivity contribution in [1.29, 1.82) is 0 Å². The Morgan fingerprint density at radius 2 is 2.08 bits per heavy atom. The summed E-state index contributed by atoms with van der Waals surface area (Å²) in [5.41, 5.74) is 0.494. The number of piperidine rings is 1. The molecule has 1 amide bonds. The Morgan fingerprint density at radius 3 is 2.71 bits per heavy atom. The van der Waals surface area contributed by atoms with E-state index in [1.54, 1.807) is 12.1 Å². The van der Waals surface area contributed by atoms with Gasteiger partial charge in [0.2, 0.25) is 5.91 Å². The van der Waals surface area contributed by atoms with E-state index in [2.05, 4.69) is 17.1 Å². The summed E-state index contributed by atoms with van der Waals surface area (Å²) in [5, 5.41) is 13.7. The minimum absolute atomic E-state index is 0.0150. The average Bonchev–Trinajstić information content (AvgIpc) is 3.38. The van der Waals surface area contributed by atoms with E-state index in [1.807, 2.05) is 0 Å². The molecule has 2 atom stereocenters. The van der Waals surface area contributed by atoms with Gasteiger partial charge >= 0.3 is 0 Å². The Bertz CT molecular complexity index is 573. The van der Waals surface area contributed by atoms with E-state index in [0.717, 1.165) is 37.9 Å². The predicted octanol–water partition coefficient (Wildman–Crippen LogP) is 1.97. The molecule has 1 heterocycles. The van der Waals surface area contributed by atoms with Gasteiger partial charge in [0.1, 0.15) is 5.82 Å². The largest absolute Gasteiger partial charge is 0.389 e. The number of rotatable bonds is 6. The molecule has 0 radical (unpaired) electrons. The minimum atomic E-state index is -0.518. The molecule has 1 aromatic carbocycles. The summed E-state index contributed by atoms with van der Waals surface area (Å²) in [6, 6.07) is 6.36. The fourth-order valence-electron chi connectivity index (χ4n) is 3.81. The standard InChI is InChI=1S/C19H27FN2O2/c1-14-12-22(11-9-19(14,24)16-4-5-16)13-18(23)21-10-8-15-2-6-17(20)7-3-15/h2-3,6-7,14,16,24H,4-5,8-13H2,1H3,(H,21,23)/t14-,19+/m0/s1. The lowest BCUT2D eigenvalue weighted by molar-refractivity contribution is -0.125. The van der Waals surface area contributed by atoms with E-state index in [0.29, 0.717) is 25.4 Å². The topological polar surface area (TPSA) is 52.6 Å². The van der Waals surface area contributed by atoms with E-state index in [-0.39, 0.29) is 17.6 Å². The van der Waals surface area contributed by atoms with Gasteiger partial charge in [-0.2, -0.15) is 0 Å². The molecule has 132 valence electrons. The molecule has 5 heteroatoms. The minimum Gasteiger partial charge on any atom is -0.389 e. The number of nitrogens with one attached hydrogen (secondary N) is 1. The molecule has 0 aromatic heterocycles. The third-order valence-electron chi connectivity index (χ3n) is 5.51. The summed E-state index contributed by atoms with van der Waals surface area (Å²) in [7, 11) is 0. The summed E-state index contributed by atoms with van der Waals surface area (Å²) in [6.45, 7) is 4.59. The Balaban J connectivity index is 1.38. The number of aliphatic hydroxyl groups is 1. The third-order valence-corrected chi connectivity index (χ3v) is 5.51. The maximum absolute atomic E-state index is 12.8. The molecule has 1 saturated carbocycles. The van der Waals surface area contributed by atoms with Gasteiger partial charge in [-0.05, 0) is 55.2 Å². The Hall–Kier alpha value is -1.46. The number of likely N-dealkylation sites (tertiary alicyclic amines) is 1. The monoisotopic (exact) mass is 334 g/mol. The van der Waals surface area contributed by atoms with Gasteiger partial charge in [0.15, 0.2) is 0 Å². The summed E-state index contributed by atoms with van der Waals surface area (Å²) in [6.07, 6.45) is 3.75. The molecule has 3 rings (SSSR count). The summed E-state index contributed by atoms with van der Waals surface area (Å²) >= 11 is 0.